The lowest BCUT2D eigenvalue weighted by molar-refractivity contribution is -0.247. The minimum atomic E-state index is -2.56. The fourth-order valence-electron chi connectivity index (χ4n) is 2.32. The maximum absolute atomic E-state index is 12.6. The van der Waals surface area contributed by atoms with Gasteiger partial charge in [0.2, 0.25) is 0 Å². The molecule has 1 aliphatic carbocycles. The van der Waals surface area contributed by atoms with E-state index < -0.39 is 11.5 Å². The first-order chi connectivity index (χ1) is 6.05. The highest BCUT2D eigenvalue weighted by Gasteiger charge is 2.58. The molecular weight excluding hydrogens is 178 g/mol. The van der Waals surface area contributed by atoms with Gasteiger partial charge in [-0.2, -0.15) is 0 Å². The van der Waals surface area contributed by atoms with Gasteiger partial charge in [-0.3, -0.25) is 0 Å². The summed E-state index contributed by atoms with van der Waals surface area (Å²) >= 11 is 0. The van der Waals surface area contributed by atoms with Crippen LogP contribution in [-0.2, 0) is 9.53 Å². The van der Waals surface area contributed by atoms with Crippen molar-refractivity contribution < 1.29 is 18.3 Å². The zero-order valence-corrected chi connectivity index (χ0v) is 7.26. The average Bonchev–Trinajstić information content (AvgIpc) is 2.01. The maximum atomic E-state index is 12.6. The molecular formula is C9H12F2O2. The Morgan fingerprint density at radius 1 is 1.38 bits per heavy atom. The van der Waals surface area contributed by atoms with Gasteiger partial charge in [-0.05, 0) is 12.8 Å². The molecule has 0 aromatic heterocycles. The van der Waals surface area contributed by atoms with Gasteiger partial charge < -0.3 is 9.53 Å². The topological polar surface area (TPSA) is 26.3 Å². The fourth-order valence-corrected chi connectivity index (χ4v) is 2.32. The highest BCUT2D eigenvalue weighted by atomic mass is 19.3. The lowest BCUT2D eigenvalue weighted by Crippen LogP contribution is -2.56. The van der Waals surface area contributed by atoms with Crippen LogP contribution in [0.15, 0.2) is 0 Å². The molecule has 1 saturated carbocycles. The fraction of sp³-hybridized carbons (Fsp3) is 0.889. The van der Waals surface area contributed by atoms with Crippen LogP contribution in [0.3, 0.4) is 0 Å². The maximum Gasteiger partial charge on any atom is 0.253 e. The molecule has 1 spiro atoms. The number of aldehydes is 1. The quantitative estimate of drug-likeness (QED) is 0.589. The molecule has 1 unspecified atom stereocenters. The van der Waals surface area contributed by atoms with Crippen molar-refractivity contribution >= 4 is 6.29 Å². The lowest BCUT2D eigenvalue weighted by atomic mass is 9.70. The summed E-state index contributed by atoms with van der Waals surface area (Å²) in [6.45, 7) is 0.444. The summed E-state index contributed by atoms with van der Waals surface area (Å²) in [7, 11) is 0. The minimum Gasteiger partial charge on any atom is -0.374 e. The molecule has 2 aliphatic rings. The minimum absolute atomic E-state index is 0.0788. The zero-order chi connectivity index (χ0) is 9.53. The molecule has 2 nitrogen and oxygen atoms in total. The molecule has 0 aromatic carbocycles. The zero-order valence-electron chi connectivity index (χ0n) is 7.26. The van der Waals surface area contributed by atoms with E-state index in [1.807, 2.05) is 0 Å². The predicted molar refractivity (Wildman–Crippen MR) is 41.7 cm³/mol. The molecule has 0 amide bonds. The standard InChI is InChI=1S/C9H12F2O2/c10-9(11)5-8(6-9)3-7(4-12)1-2-13-8/h4,7H,1-3,5-6H2. The van der Waals surface area contributed by atoms with Crippen LogP contribution in [0, 0.1) is 5.92 Å². The van der Waals surface area contributed by atoms with Crippen LogP contribution in [-0.4, -0.2) is 24.4 Å². The van der Waals surface area contributed by atoms with Crippen LogP contribution in [0.25, 0.3) is 0 Å². The second-order valence-electron chi connectivity index (χ2n) is 4.13. The van der Waals surface area contributed by atoms with Crippen molar-refractivity contribution in [3.05, 3.63) is 0 Å². The van der Waals surface area contributed by atoms with Crippen LogP contribution in [0.5, 0.6) is 0 Å². The summed E-state index contributed by atoms with van der Waals surface area (Å²) in [6.07, 6.45) is 1.61. The third-order valence-electron chi connectivity index (χ3n) is 2.89. The third-order valence-corrected chi connectivity index (χ3v) is 2.89. The van der Waals surface area contributed by atoms with Crippen LogP contribution >= 0.6 is 0 Å². The first-order valence-corrected chi connectivity index (χ1v) is 4.52. The smallest absolute Gasteiger partial charge is 0.253 e. The van der Waals surface area contributed by atoms with E-state index in [1.54, 1.807) is 0 Å². The van der Waals surface area contributed by atoms with E-state index in [4.69, 9.17) is 4.74 Å². The molecule has 1 heterocycles. The van der Waals surface area contributed by atoms with E-state index in [2.05, 4.69) is 0 Å². The second kappa shape index (κ2) is 2.74. The van der Waals surface area contributed by atoms with Gasteiger partial charge in [-0.15, -0.1) is 0 Å². The summed E-state index contributed by atoms with van der Waals surface area (Å²) < 4.78 is 30.6. The Balaban J connectivity index is 1.98. The number of carbonyl (C=O) groups excluding carboxylic acids is 1. The predicted octanol–water partition coefficient (Wildman–Crippen LogP) is 1.78. The number of halogens is 2. The highest BCUT2D eigenvalue weighted by molar-refractivity contribution is 5.54. The Bertz CT molecular complexity index is 220. The Labute approximate surface area is 75.3 Å². The molecule has 0 radical (unpaired) electrons. The molecule has 1 aliphatic heterocycles. The number of rotatable bonds is 1. The van der Waals surface area contributed by atoms with E-state index in [0.29, 0.717) is 19.4 Å². The summed E-state index contributed by atoms with van der Waals surface area (Å²) in [5.74, 6) is -2.64. The van der Waals surface area contributed by atoms with Crippen molar-refractivity contribution in [3.63, 3.8) is 0 Å². The molecule has 1 atom stereocenters. The van der Waals surface area contributed by atoms with Gasteiger partial charge in [0.05, 0.1) is 5.60 Å². The summed E-state index contributed by atoms with van der Waals surface area (Å²) in [6, 6.07) is 0. The number of hydrogen-bond acceptors (Lipinski definition) is 2. The first kappa shape index (κ1) is 9.06. The van der Waals surface area contributed by atoms with Gasteiger partial charge in [-0.1, -0.05) is 0 Å². The monoisotopic (exact) mass is 190 g/mol. The van der Waals surface area contributed by atoms with E-state index in [9.17, 15) is 13.6 Å². The van der Waals surface area contributed by atoms with Gasteiger partial charge in [0.1, 0.15) is 6.29 Å². The molecule has 0 bridgehead atoms. The Hall–Kier alpha value is -0.510. The van der Waals surface area contributed by atoms with Crippen LogP contribution in [0.4, 0.5) is 8.78 Å². The van der Waals surface area contributed by atoms with Gasteiger partial charge in [-0.25, -0.2) is 8.78 Å². The van der Waals surface area contributed by atoms with Crippen LogP contribution in [0.2, 0.25) is 0 Å². The second-order valence-corrected chi connectivity index (χ2v) is 4.13. The number of alkyl halides is 2. The van der Waals surface area contributed by atoms with Crippen LogP contribution < -0.4 is 0 Å². The summed E-state index contributed by atoms with van der Waals surface area (Å²) in [4.78, 5) is 10.5. The van der Waals surface area contributed by atoms with Crippen molar-refractivity contribution in [1.82, 2.24) is 0 Å². The lowest BCUT2D eigenvalue weighted by Gasteiger charge is -2.50. The Morgan fingerprint density at radius 3 is 2.62 bits per heavy atom. The normalized spacial score (nSPS) is 35.4. The number of carbonyl (C=O) groups is 1. The van der Waals surface area contributed by atoms with Gasteiger partial charge in [0.15, 0.2) is 0 Å². The average molecular weight is 190 g/mol. The van der Waals surface area contributed by atoms with E-state index >= 15 is 0 Å². The molecule has 0 aromatic rings. The molecule has 1 saturated heterocycles. The van der Waals surface area contributed by atoms with Crippen molar-refractivity contribution in [2.24, 2.45) is 5.92 Å². The molecule has 2 fully saturated rings. The largest absolute Gasteiger partial charge is 0.374 e. The number of hydrogen-bond donors (Lipinski definition) is 0. The van der Waals surface area contributed by atoms with Gasteiger partial charge >= 0.3 is 0 Å². The number of ether oxygens (including phenoxy) is 1. The van der Waals surface area contributed by atoms with Crippen molar-refractivity contribution in [1.29, 1.82) is 0 Å². The summed E-state index contributed by atoms with van der Waals surface area (Å²) in [5, 5.41) is 0. The van der Waals surface area contributed by atoms with Gasteiger partial charge in [0, 0.05) is 25.4 Å². The van der Waals surface area contributed by atoms with Gasteiger partial charge in [0.25, 0.3) is 5.92 Å². The van der Waals surface area contributed by atoms with Crippen molar-refractivity contribution in [3.8, 4) is 0 Å². The van der Waals surface area contributed by atoms with Crippen molar-refractivity contribution in [2.45, 2.75) is 37.2 Å². The van der Waals surface area contributed by atoms with Crippen LogP contribution in [0.1, 0.15) is 25.7 Å². The van der Waals surface area contributed by atoms with E-state index in [-0.39, 0.29) is 18.8 Å². The molecule has 4 heteroatoms. The Kier molecular flexibility index (Phi) is 1.91. The molecule has 13 heavy (non-hydrogen) atoms. The molecule has 0 N–H and O–H groups in total. The molecule has 74 valence electrons. The molecule has 2 rings (SSSR count). The SMILES string of the molecule is O=CC1CCOC2(C1)CC(F)(F)C2. The summed E-state index contributed by atoms with van der Waals surface area (Å²) in [5.41, 5.74) is -0.673. The third kappa shape index (κ3) is 1.59. The first-order valence-electron chi connectivity index (χ1n) is 4.52. The Morgan fingerprint density at radius 2 is 2.08 bits per heavy atom. The van der Waals surface area contributed by atoms with E-state index in [0.717, 1.165) is 6.29 Å². The van der Waals surface area contributed by atoms with E-state index in [1.165, 1.54) is 0 Å². The van der Waals surface area contributed by atoms with Crippen molar-refractivity contribution in [2.75, 3.05) is 6.61 Å². The highest BCUT2D eigenvalue weighted by Crippen LogP contribution is 2.52.